The number of hydrogen-bond donors (Lipinski definition) is 0. The zero-order chi connectivity index (χ0) is 28.4. The third kappa shape index (κ3) is 11.2. The highest BCUT2D eigenvalue weighted by molar-refractivity contribution is 5.93. The van der Waals surface area contributed by atoms with E-state index < -0.39 is 0 Å². The van der Waals surface area contributed by atoms with Gasteiger partial charge in [0.15, 0.2) is 0 Å². The Balaban J connectivity index is 1.53. The molecule has 5 heteroatoms. The molecule has 0 saturated carbocycles. The summed E-state index contributed by atoms with van der Waals surface area (Å²) < 4.78 is 12.3. The fourth-order valence-corrected chi connectivity index (χ4v) is 5.12. The quantitative estimate of drug-likeness (QED) is 0.0925. The van der Waals surface area contributed by atoms with Crippen molar-refractivity contribution in [3.05, 3.63) is 42.5 Å². The molecule has 0 amide bonds. The lowest BCUT2D eigenvalue weighted by Gasteiger charge is -2.22. The highest BCUT2D eigenvalue weighted by Gasteiger charge is 2.07. The second-order valence-corrected chi connectivity index (χ2v) is 11.2. The number of ether oxygens (including phenoxy) is 2. The van der Waals surface area contributed by atoms with E-state index in [2.05, 4.69) is 80.0 Å². The summed E-state index contributed by atoms with van der Waals surface area (Å²) in [5, 5.41) is 2.27. The lowest BCUT2D eigenvalue weighted by Crippen LogP contribution is -2.28. The molecule has 0 atom stereocenters. The van der Waals surface area contributed by atoms with Crippen molar-refractivity contribution in [1.29, 1.82) is 0 Å². The Morgan fingerprint density at radius 1 is 0.500 bits per heavy atom. The Hall–Kier alpha value is -2.37. The number of aromatic nitrogens is 1. The van der Waals surface area contributed by atoms with Crippen molar-refractivity contribution in [1.82, 2.24) is 14.8 Å². The molecule has 0 aliphatic carbocycles. The van der Waals surface area contributed by atoms with Crippen molar-refractivity contribution < 1.29 is 9.47 Å². The predicted octanol–water partition coefficient (Wildman–Crippen LogP) is 8.73. The van der Waals surface area contributed by atoms with E-state index in [-0.39, 0.29) is 0 Å². The van der Waals surface area contributed by atoms with Crippen LogP contribution in [-0.4, -0.2) is 67.3 Å². The van der Waals surface area contributed by atoms with Gasteiger partial charge in [-0.3, -0.25) is 0 Å². The maximum atomic E-state index is 6.15. The molecule has 1 aromatic heterocycles. The molecule has 2 aromatic carbocycles. The van der Waals surface area contributed by atoms with E-state index in [1.165, 1.54) is 77.5 Å². The fraction of sp³-hybridized carbons (Fsp3) is 0.629. The van der Waals surface area contributed by atoms with Crippen molar-refractivity contribution in [2.24, 2.45) is 0 Å². The Morgan fingerprint density at radius 3 is 1.25 bits per heavy atom. The molecule has 40 heavy (non-hydrogen) atoms. The molecule has 0 spiro atoms. The highest BCUT2D eigenvalue weighted by atomic mass is 16.5. The van der Waals surface area contributed by atoms with Crippen molar-refractivity contribution in [3.8, 4) is 11.5 Å². The van der Waals surface area contributed by atoms with Gasteiger partial charge in [-0.05, 0) is 95.0 Å². The van der Waals surface area contributed by atoms with Crippen molar-refractivity contribution >= 4 is 21.8 Å². The molecule has 0 aliphatic heterocycles. The molecule has 0 saturated heterocycles. The minimum atomic E-state index is 0.736. The van der Waals surface area contributed by atoms with Gasteiger partial charge in [-0.15, -0.1) is 0 Å². The van der Waals surface area contributed by atoms with E-state index in [0.29, 0.717) is 0 Å². The molecule has 3 rings (SSSR count). The third-order valence-electron chi connectivity index (χ3n) is 7.64. The second-order valence-electron chi connectivity index (χ2n) is 11.2. The van der Waals surface area contributed by atoms with E-state index in [9.17, 15) is 0 Å². The Labute approximate surface area is 244 Å². The Kier molecular flexibility index (Phi) is 15.2. The molecule has 1 heterocycles. The highest BCUT2D eigenvalue weighted by Crippen LogP contribution is 2.26. The van der Waals surface area contributed by atoms with Crippen LogP contribution in [0.4, 0.5) is 0 Å². The lowest BCUT2D eigenvalue weighted by atomic mass is 10.1. The molecule has 5 nitrogen and oxygen atoms in total. The molecular formula is C35H55N3O2. The van der Waals surface area contributed by atoms with E-state index in [4.69, 9.17) is 14.5 Å². The zero-order valence-corrected chi connectivity index (χ0v) is 25.9. The molecular weight excluding hydrogens is 494 g/mol. The lowest BCUT2D eigenvalue weighted by molar-refractivity contribution is 0.229. The summed E-state index contributed by atoms with van der Waals surface area (Å²) in [7, 11) is 0. The van der Waals surface area contributed by atoms with Gasteiger partial charge in [0.2, 0.25) is 0 Å². The van der Waals surface area contributed by atoms with Gasteiger partial charge >= 0.3 is 0 Å². The Bertz CT molecular complexity index is 1000. The standard InChI is InChI=1S/C35H55N3O2/c1-5-9-19-37(20-10-6-2)23-13-25-39-32-17-15-30-27-31-16-18-33(29-35(31)36-34(30)28-32)40-26-14-24-38(21-11-7-3)22-12-8-4/h15-18,27-29H,5-14,19-26H2,1-4H3. The van der Waals surface area contributed by atoms with Crippen LogP contribution in [0.1, 0.15) is 91.9 Å². The maximum Gasteiger partial charge on any atom is 0.121 e. The number of hydrogen-bond acceptors (Lipinski definition) is 5. The van der Waals surface area contributed by atoms with Gasteiger partial charge in [-0.2, -0.15) is 0 Å². The second kappa shape index (κ2) is 18.9. The van der Waals surface area contributed by atoms with Gasteiger partial charge in [0.05, 0.1) is 24.2 Å². The number of fused-ring (bicyclic) bond motifs is 2. The van der Waals surface area contributed by atoms with Crippen LogP contribution < -0.4 is 9.47 Å². The first-order chi connectivity index (χ1) is 19.7. The summed E-state index contributed by atoms with van der Waals surface area (Å²) in [5.74, 6) is 1.80. The van der Waals surface area contributed by atoms with E-state index in [1.807, 2.05) is 0 Å². The van der Waals surface area contributed by atoms with Crippen molar-refractivity contribution in [3.63, 3.8) is 0 Å². The van der Waals surface area contributed by atoms with Gasteiger partial charge in [0.25, 0.3) is 0 Å². The number of nitrogens with zero attached hydrogens (tertiary/aromatic N) is 3. The average molecular weight is 550 g/mol. The monoisotopic (exact) mass is 549 g/mol. The summed E-state index contributed by atoms with van der Waals surface area (Å²) in [4.78, 5) is 10.2. The van der Waals surface area contributed by atoms with Crippen LogP contribution in [0.25, 0.3) is 21.8 Å². The van der Waals surface area contributed by atoms with Gasteiger partial charge in [0.1, 0.15) is 11.5 Å². The Morgan fingerprint density at radius 2 is 0.875 bits per heavy atom. The zero-order valence-electron chi connectivity index (χ0n) is 25.9. The van der Waals surface area contributed by atoms with Crippen molar-refractivity contribution in [2.75, 3.05) is 52.5 Å². The van der Waals surface area contributed by atoms with Crippen LogP contribution in [0, 0.1) is 0 Å². The number of unbranched alkanes of at least 4 members (excludes halogenated alkanes) is 4. The molecule has 0 fully saturated rings. The normalized spacial score (nSPS) is 11.8. The summed E-state index contributed by atoms with van der Waals surface area (Å²) in [5.41, 5.74) is 1.94. The first kappa shape index (κ1) is 32.1. The van der Waals surface area contributed by atoms with Gasteiger partial charge in [-0.25, -0.2) is 4.98 Å². The largest absolute Gasteiger partial charge is 0.493 e. The first-order valence-corrected chi connectivity index (χ1v) is 16.2. The minimum Gasteiger partial charge on any atom is -0.493 e. The van der Waals surface area contributed by atoms with Gasteiger partial charge in [-0.1, -0.05) is 53.4 Å². The van der Waals surface area contributed by atoms with Crippen molar-refractivity contribution in [2.45, 2.75) is 91.9 Å². The first-order valence-electron chi connectivity index (χ1n) is 16.2. The van der Waals surface area contributed by atoms with Crippen LogP contribution in [0.2, 0.25) is 0 Å². The number of pyridine rings is 1. The van der Waals surface area contributed by atoms with Crippen LogP contribution >= 0.6 is 0 Å². The number of benzene rings is 2. The maximum absolute atomic E-state index is 6.15. The van der Waals surface area contributed by atoms with E-state index in [1.54, 1.807) is 0 Å². The van der Waals surface area contributed by atoms with Gasteiger partial charge in [0, 0.05) is 36.0 Å². The molecule has 3 aromatic rings. The van der Waals surface area contributed by atoms with Crippen LogP contribution in [0.3, 0.4) is 0 Å². The predicted molar refractivity (Wildman–Crippen MR) is 172 cm³/mol. The summed E-state index contributed by atoms with van der Waals surface area (Å²) in [6.45, 7) is 17.6. The van der Waals surface area contributed by atoms with E-state index >= 15 is 0 Å². The molecule has 0 radical (unpaired) electrons. The smallest absolute Gasteiger partial charge is 0.121 e. The topological polar surface area (TPSA) is 37.8 Å². The third-order valence-corrected chi connectivity index (χ3v) is 7.64. The van der Waals surface area contributed by atoms with Crippen LogP contribution in [0.15, 0.2) is 42.5 Å². The van der Waals surface area contributed by atoms with Crippen LogP contribution in [0.5, 0.6) is 11.5 Å². The van der Waals surface area contributed by atoms with Crippen LogP contribution in [-0.2, 0) is 0 Å². The fourth-order valence-electron chi connectivity index (χ4n) is 5.12. The molecule has 0 aliphatic rings. The summed E-state index contributed by atoms with van der Waals surface area (Å²) in [6, 6.07) is 14.8. The summed E-state index contributed by atoms with van der Waals surface area (Å²) >= 11 is 0. The molecule has 0 N–H and O–H groups in total. The summed E-state index contributed by atoms with van der Waals surface area (Å²) in [6.07, 6.45) is 12.2. The molecule has 0 unspecified atom stereocenters. The SMILES string of the molecule is CCCCN(CCCC)CCCOc1ccc2cc3ccc(OCCCN(CCCC)CCCC)cc3nc2c1. The van der Waals surface area contributed by atoms with E-state index in [0.717, 1.165) is 72.4 Å². The average Bonchev–Trinajstić information content (AvgIpc) is 2.98. The molecule has 0 bridgehead atoms. The number of rotatable bonds is 22. The molecule has 222 valence electrons. The van der Waals surface area contributed by atoms with Gasteiger partial charge < -0.3 is 19.3 Å². The minimum absolute atomic E-state index is 0.736.